The van der Waals surface area contributed by atoms with Crippen LogP contribution in [0.3, 0.4) is 0 Å². The molecule has 0 N–H and O–H groups in total. The third kappa shape index (κ3) is 2.82. The van der Waals surface area contributed by atoms with Crippen molar-refractivity contribution in [3.63, 3.8) is 0 Å². The molecule has 0 aliphatic carbocycles. The number of aryl methyl sites for hydroxylation is 2. The van der Waals surface area contributed by atoms with Crippen molar-refractivity contribution in [1.82, 2.24) is 0 Å². The summed E-state index contributed by atoms with van der Waals surface area (Å²) in [7, 11) is 0. The molecular weight excluding hydrogens is 272 g/mol. The van der Waals surface area contributed by atoms with Gasteiger partial charge in [-0.1, -0.05) is 12.1 Å². The monoisotopic (exact) mass is 290 g/mol. The van der Waals surface area contributed by atoms with Crippen molar-refractivity contribution in [3.8, 4) is 5.75 Å². The van der Waals surface area contributed by atoms with Gasteiger partial charge in [0, 0.05) is 0 Å². The van der Waals surface area contributed by atoms with Crippen LogP contribution in [0.4, 0.5) is 0 Å². The third-order valence-corrected chi connectivity index (χ3v) is 3.57. The van der Waals surface area contributed by atoms with Gasteiger partial charge in [0.1, 0.15) is 5.75 Å². The molecular formula is C16H18O5. The van der Waals surface area contributed by atoms with Crippen LogP contribution in [-0.4, -0.2) is 30.7 Å². The van der Waals surface area contributed by atoms with E-state index in [1.54, 1.807) is 13.8 Å². The summed E-state index contributed by atoms with van der Waals surface area (Å²) in [5.41, 5.74) is 1.98. The lowest BCUT2D eigenvalue weighted by atomic mass is 9.88. The second kappa shape index (κ2) is 6.08. The van der Waals surface area contributed by atoms with Crippen molar-refractivity contribution >= 4 is 17.5 Å². The van der Waals surface area contributed by atoms with Crippen LogP contribution in [0.25, 0.3) is 0 Å². The minimum absolute atomic E-state index is 0.108. The second-order valence-corrected chi connectivity index (χ2v) is 5.04. The van der Waals surface area contributed by atoms with E-state index in [4.69, 9.17) is 9.47 Å². The highest BCUT2D eigenvalue weighted by Gasteiger charge is 2.37. The van der Waals surface area contributed by atoms with Gasteiger partial charge in [0.2, 0.25) is 0 Å². The first-order chi connectivity index (χ1) is 9.97. The van der Waals surface area contributed by atoms with Gasteiger partial charge in [-0.05, 0) is 38.3 Å². The van der Waals surface area contributed by atoms with Crippen LogP contribution in [0.2, 0.25) is 0 Å². The Labute approximate surface area is 123 Å². The molecule has 0 amide bonds. The zero-order valence-electron chi connectivity index (χ0n) is 12.4. The molecule has 1 atom stereocenters. The Balaban J connectivity index is 2.40. The van der Waals surface area contributed by atoms with Crippen LogP contribution in [-0.2, 0) is 14.3 Å². The van der Waals surface area contributed by atoms with Crippen molar-refractivity contribution in [2.45, 2.75) is 27.2 Å². The normalized spacial score (nSPS) is 17.5. The minimum atomic E-state index is -1.02. The highest BCUT2D eigenvalue weighted by atomic mass is 16.5. The van der Waals surface area contributed by atoms with Crippen molar-refractivity contribution in [1.29, 1.82) is 0 Å². The van der Waals surface area contributed by atoms with E-state index in [2.05, 4.69) is 0 Å². The largest absolute Gasteiger partial charge is 0.493 e. The Bertz CT molecular complexity index is 603. The number of hydrogen-bond donors (Lipinski definition) is 0. The average molecular weight is 290 g/mol. The number of carbonyl (C=O) groups is 3. The summed E-state index contributed by atoms with van der Waals surface area (Å²) in [6, 6.07) is 3.68. The maximum atomic E-state index is 12.7. The van der Waals surface area contributed by atoms with E-state index in [0.717, 1.165) is 11.1 Å². The summed E-state index contributed by atoms with van der Waals surface area (Å²) in [5, 5.41) is 0. The Morgan fingerprint density at radius 3 is 2.62 bits per heavy atom. The molecule has 0 saturated carbocycles. The number of esters is 1. The second-order valence-electron chi connectivity index (χ2n) is 5.04. The van der Waals surface area contributed by atoms with Crippen molar-refractivity contribution in [2.24, 2.45) is 5.92 Å². The van der Waals surface area contributed by atoms with Gasteiger partial charge in [-0.3, -0.25) is 9.59 Å². The van der Waals surface area contributed by atoms with E-state index < -0.39 is 17.7 Å². The molecule has 5 heteroatoms. The van der Waals surface area contributed by atoms with Gasteiger partial charge in [0.05, 0.1) is 24.7 Å². The first kappa shape index (κ1) is 15.2. The van der Waals surface area contributed by atoms with E-state index in [-0.39, 0.29) is 25.4 Å². The van der Waals surface area contributed by atoms with Crippen LogP contribution in [0.1, 0.15) is 34.8 Å². The predicted octanol–water partition coefficient (Wildman–Crippen LogP) is 2.02. The van der Waals surface area contributed by atoms with E-state index in [1.807, 2.05) is 19.1 Å². The van der Waals surface area contributed by atoms with Crippen LogP contribution in [0.5, 0.6) is 5.75 Å². The Morgan fingerprint density at radius 1 is 1.29 bits per heavy atom. The molecule has 0 aromatic heterocycles. The number of ketones is 2. The number of hydrogen-bond acceptors (Lipinski definition) is 5. The zero-order valence-corrected chi connectivity index (χ0v) is 12.4. The maximum Gasteiger partial charge on any atom is 0.375 e. The van der Waals surface area contributed by atoms with Crippen LogP contribution >= 0.6 is 0 Å². The number of benzene rings is 1. The highest BCUT2D eigenvalue weighted by molar-refractivity contribution is 6.39. The molecule has 0 fully saturated rings. The first-order valence-corrected chi connectivity index (χ1v) is 6.95. The lowest BCUT2D eigenvalue weighted by Gasteiger charge is -2.13. The molecule has 0 bridgehead atoms. The van der Waals surface area contributed by atoms with E-state index >= 15 is 0 Å². The predicted molar refractivity (Wildman–Crippen MR) is 75.5 cm³/mol. The van der Waals surface area contributed by atoms with Crippen LogP contribution in [0, 0.1) is 19.8 Å². The third-order valence-electron chi connectivity index (χ3n) is 3.57. The van der Waals surface area contributed by atoms with Gasteiger partial charge in [-0.15, -0.1) is 0 Å². The highest BCUT2D eigenvalue weighted by Crippen LogP contribution is 2.33. The topological polar surface area (TPSA) is 69.7 Å². The number of fused-ring (bicyclic) bond motifs is 1. The average Bonchev–Trinajstić information content (AvgIpc) is 2.63. The number of rotatable bonds is 3. The molecule has 0 saturated heterocycles. The van der Waals surface area contributed by atoms with Gasteiger partial charge < -0.3 is 9.47 Å². The van der Waals surface area contributed by atoms with Crippen molar-refractivity contribution < 1.29 is 23.9 Å². The molecule has 1 aliphatic heterocycles. The van der Waals surface area contributed by atoms with E-state index in [9.17, 15) is 14.4 Å². The Hall–Kier alpha value is -2.17. The maximum absolute atomic E-state index is 12.7. The number of ether oxygens (including phenoxy) is 2. The molecule has 1 unspecified atom stereocenters. The zero-order chi connectivity index (χ0) is 15.6. The number of Topliss-reactive ketones (excluding diaryl/α,β-unsaturated/α-hetero) is 2. The lowest BCUT2D eigenvalue weighted by molar-refractivity contribution is -0.154. The van der Waals surface area contributed by atoms with Crippen LogP contribution < -0.4 is 4.74 Å². The van der Waals surface area contributed by atoms with Gasteiger partial charge in [0.15, 0.2) is 5.78 Å². The Morgan fingerprint density at radius 2 is 1.95 bits per heavy atom. The fourth-order valence-electron chi connectivity index (χ4n) is 2.46. The summed E-state index contributed by atoms with van der Waals surface area (Å²) in [6.45, 7) is 5.58. The summed E-state index contributed by atoms with van der Waals surface area (Å²) < 4.78 is 10.3. The van der Waals surface area contributed by atoms with Crippen LogP contribution in [0.15, 0.2) is 12.1 Å². The molecule has 1 heterocycles. The van der Waals surface area contributed by atoms with Gasteiger partial charge >= 0.3 is 5.97 Å². The molecule has 112 valence electrons. The number of carbonyl (C=O) groups excluding carboxylic acids is 3. The molecule has 0 spiro atoms. The molecule has 1 aromatic carbocycles. The quantitative estimate of drug-likeness (QED) is 0.484. The van der Waals surface area contributed by atoms with Crippen molar-refractivity contribution in [2.75, 3.05) is 13.2 Å². The van der Waals surface area contributed by atoms with Gasteiger partial charge in [-0.2, -0.15) is 0 Å². The molecule has 2 rings (SSSR count). The first-order valence-electron chi connectivity index (χ1n) is 6.95. The molecule has 5 nitrogen and oxygen atoms in total. The molecule has 1 aromatic rings. The lowest BCUT2D eigenvalue weighted by Crippen LogP contribution is -2.32. The summed E-state index contributed by atoms with van der Waals surface area (Å²) in [6.07, 6.45) is 0.185. The minimum Gasteiger partial charge on any atom is -0.493 e. The molecule has 1 aliphatic rings. The Kier molecular flexibility index (Phi) is 4.40. The molecule has 0 radical (unpaired) electrons. The van der Waals surface area contributed by atoms with Gasteiger partial charge in [-0.25, -0.2) is 4.79 Å². The standard InChI is InChI=1S/C16H18O5/c1-4-20-16(19)14(18)11-7-8-21-15-10(3)6-5-9(2)12(15)13(11)17/h5-6,11H,4,7-8H2,1-3H3. The van der Waals surface area contributed by atoms with E-state index in [1.165, 1.54) is 0 Å². The summed E-state index contributed by atoms with van der Waals surface area (Å²) in [4.78, 5) is 36.4. The van der Waals surface area contributed by atoms with Gasteiger partial charge in [0.25, 0.3) is 5.78 Å². The van der Waals surface area contributed by atoms with E-state index in [0.29, 0.717) is 11.3 Å². The summed E-state index contributed by atoms with van der Waals surface area (Å²) in [5.74, 6) is -2.62. The fourth-order valence-corrected chi connectivity index (χ4v) is 2.46. The van der Waals surface area contributed by atoms with Crippen molar-refractivity contribution in [3.05, 3.63) is 28.8 Å². The fraction of sp³-hybridized carbons (Fsp3) is 0.438. The SMILES string of the molecule is CCOC(=O)C(=O)C1CCOc2c(C)ccc(C)c2C1=O. The smallest absolute Gasteiger partial charge is 0.375 e. The summed E-state index contributed by atoms with van der Waals surface area (Å²) >= 11 is 0. The molecule has 21 heavy (non-hydrogen) atoms.